The molecule has 15 heteroatoms. The fraction of sp³-hybridized carbons (Fsp3) is 0.435. The molecular weight excluding hydrogens is 649 g/mol. The molecule has 0 unspecified atom stereocenters. The van der Waals surface area contributed by atoms with Crippen LogP contribution in [0.25, 0.3) is 17.3 Å². The summed E-state index contributed by atoms with van der Waals surface area (Å²) in [5.41, 5.74) is 0.416. The molecule has 0 bridgehead atoms. The fourth-order valence-electron chi connectivity index (χ4n) is 4.11. The summed E-state index contributed by atoms with van der Waals surface area (Å²) in [6, 6.07) is 8.50. The van der Waals surface area contributed by atoms with E-state index in [0.717, 1.165) is 0 Å². The van der Waals surface area contributed by atoms with Gasteiger partial charge in [-0.3, -0.25) is 4.57 Å². The van der Waals surface area contributed by atoms with E-state index in [4.69, 9.17) is 18.6 Å². The third kappa shape index (κ3) is 5.83. The lowest BCUT2D eigenvalue weighted by Crippen LogP contribution is -2.48. The number of ether oxygens (including phenoxy) is 3. The molecule has 0 spiro atoms. The van der Waals surface area contributed by atoms with Crippen LogP contribution in [0.15, 0.2) is 41.0 Å². The molecule has 0 aliphatic carbocycles. The van der Waals surface area contributed by atoms with Gasteiger partial charge in [0.05, 0.1) is 32.8 Å². The normalized spacial score (nSPS) is 15.8. The minimum absolute atomic E-state index is 0.0205. The van der Waals surface area contributed by atoms with Gasteiger partial charge in [0.2, 0.25) is 21.8 Å². The Balaban J connectivity index is 1.83. The van der Waals surface area contributed by atoms with Gasteiger partial charge in [-0.05, 0) is 52.4 Å². The van der Waals surface area contributed by atoms with Gasteiger partial charge in [0, 0.05) is 31.3 Å². The smallest absolute Gasteiger partial charge is 0.410 e. The number of benzene rings is 1. The summed E-state index contributed by atoms with van der Waals surface area (Å²) < 4.78 is 52.4. The van der Waals surface area contributed by atoms with Crippen molar-refractivity contribution < 1.29 is 31.8 Å². The molecule has 3 aromatic rings. The number of sulfonamides is 1. The molecule has 206 valence electrons. The van der Waals surface area contributed by atoms with E-state index in [1.165, 1.54) is 38.6 Å². The second-order valence-corrected chi connectivity index (χ2v) is 12.8. The van der Waals surface area contributed by atoms with Crippen LogP contribution in [0.5, 0.6) is 11.5 Å². The number of amides is 1. The number of para-hydroxylation sites is 1. The van der Waals surface area contributed by atoms with Crippen molar-refractivity contribution in [3.63, 3.8) is 0 Å². The van der Waals surface area contributed by atoms with E-state index < -0.39 is 16.1 Å². The Morgan fingerprint density at radius 3 is 2.53 bits per heavy atom. The summed E-state index contributed by atoms with van der Waals surface area (Å²) >= 11 is 2.11. The number of hydrogen-bond acceptors (Lipinski definition) is 10. The SMILES string of the molecule is COc1cccc(OC)c1-n1c(-c2ccco2)nnc1N(CCSI)S(=O)(=O)CCN1C(=O)OCC[C@H]1C. The van der Waals surface area contributed by atoms with E-state index in [0.29, 0.717) is 41.7 Å². The van der Waals surface area contributed by atoms with Gasteiger partial charge in [0.15, 0.2) is 5.76 Å². The number of halogens is 1. The number of carbonyl (C=O) groups excluding carboxylic acids is 1. The third-order valence-corrected chi connectivity index (χ3v) is 9.44. The van der Waals surface area contributed by atoms with Crippen LogP contribution in [0.1, 0.15) is 13.3 Å². The summed E-state index contributed by atoms with van der Waals surface area (Å²) in [6.07, 6.45) is 1.61. The summed E-state index contributed by atoms with van der Waals surface area (Å²) in [7, 11) is 0.494. The standard InChI is InChI=1S/C23H28IN5O7S2/c1-16-9-13-36-23(30)27(16)11-15-38(31,32)28(10-14-37-24)22-26-25-21(19-8-5-12-35-19)29(22)20-17(33-2)6-4-7-18(20)34-3/h4-8,12,16H,9-11,13-15H2,1-3H3/t16-/m1/s1. The number of carbonyl (C=O) groups is 1. The topological polar surface area (TPSA) is 129 Å². The summed E-state index contributed by atoms with van der Waals surface area (Å²) in [5.74, 6) is 1.68. The molecule has 0 saturated carbocycles. The predicted octanol–water partition coefficient (Wildman–Crippen LogP) is 3.99. The van der Waals surface area contributed by atoms with E-state index in [-0.39, 0.29) is 36.7 Å². The molecule has 0 N–H and O–H groups in total. The maximum absolute atomic E-state index is 13.8. The highest BCUT2D eigenvalue weighted by atomic mass is 127. The average Bonchev–Trinajstić information content (AvgIpc) is 3.58. The maximum atomic E-state index is 13.8. The summed E-state index contributed by atoms with van der Waals surface area (Å²) in [5, 5.41) is 8.63. The van der Waals surface area contributed by atoms with Gasteiger partial charge in [-0.25, -0.2) is 17.5 Å². The first-order chi connectivity index (χ1) is 18.3. The van der Waals surface area contributed by atoms with Gasteiger partial charge in [0.25, 0.3) is 0 Å². The Hall–Kier alpha value is -2.66. The summed E-state index contributed by atoms with van der Waals surface area (Å²) in [6.45, 7) is 2.29. The van der Waals surface area contributed by atoms with Crippen molar-refractivity contribution >= 4 is 52.2 Å². The van der Waals surface area contributed by atoms with Crippen LogP contribution in [0, 0.1) is 0 Å². The zero-order valence-corrected chi connectivity index (χ0v) is 24.9. The highest BCUT2D eigenvalue weighted by Crippen LogP contribution is 2.39. The number of cyclic esters (lactones) is 1. The first kappa shape index (κ1) is 28.4. The predicted molar refractivity (Wildman–Crippen MR) is 152 cm³/mol. The quantitative estimate of drug-likeness (QED) is 0.260. The number of nitrogens with zero attached hydrogens (tertiary/aromatic N) is 5. The van der Waals surface area contributed by atoms with E-state index in [1.807, 2.05) is 6.92 Å². The molecule has 0 radical (unpaired) electrons. The molecule has 1 aromatic carbocycles. The molecule has 12 nitrogen and oxygen atoms in total. The van der Waals surface area contributed by atoms with Gasteiger partial charge < -0.3 is 23.5 Å². The van der Waals surface area contributed by atoms with Gasteiger partial charge in [-0.15, -0.1) is 10.2 Å². The Bertz CT molecular complexity index is 1330. The zero-order valence-electron chi connectivity index (χ0n) is 21.1. The van der Waals surface area contributed by atoms with Crippen LogP contribution in [0.3, 0.4) is 0 Å². The second-order valence-electron chi connectivity index (χ2n) is 8.29. The highest BCUT2D eigenvalue weighted by molar-refractivity contribution is 14.2. The molecular formula is C23H28IN5O7S2. The molecule has 1 aliphatic rings. The monoisotopic (exact) mass is 677 g/mol. The van der Waals surface area contributed by atoms with Crippen LogP contribution in [-0.2, 0) is 14.8 Å². The fourth-order valence-corrected chi connectivity index (χ4v) is 6.46. The van der Waals surface area contributed by atoms with E-state index in [1.54, 1.807) is 34.9 Å². The molecule has 2 aromatic heterocycles. The number of methoxy groups -OCH3 is 2. The van der Waals surface area contributed by atoms with Crippen molar-refractivity contribution in [2.24, 2.45) is 0 Å². The van der Waals surface area contributed by atoms with Crippen molar-refractivity contribution in [1.29, 1.82) is 0 Å². The third-order valence-electron chi connectivity index (χ3n) is 6.06. The Labute approximate surface area is 237 Å². The number of furan rings is 1. The number of rotatable bonds is 12. The number of hydrogen-bond donors (Lipinski definition) is 0. The van der Waals surface area contributed by atoms with Gasteiger partial charge in [-0.1, -0.05) is 15.0 Å². The van der Waals surface area contributed by atoms with Crippen molar-refractivity contribution in [2.45, 2.75) is 19.4 Å². The highest BCUT2D eigenvalue weighted by Gasteiger charge is 2.34. The minimum Gasteiger partial charge on any atom is -0.494 e. The molecule has 1 aliphatic heterocycles. The zero-order chi connectivity index (χ0) is 27.3. The minimum atomic E-state index is -3.99. The molecule has 1 atom stereocenters. The molecule has 1 amide bonds. The van der Waals surface area contributed by atoms with Crippen molar-refractivity contribution in [1.82, 2.24) is 19.7 Å². The van der Waals surface area contributed by atoms with Crippen LogP contribution in [0.2, 0.25) is 0 Å². The average molecular weight is 678 g/mol. The van der Waals surface area contributed by atoms with Crippen LogP contribution in [0.4, 0.5) is 10.7 Å². The molecule has 4 rings (SSSR count). The lowest BCUT2D eigenvalue weighted by molar-refractivity contribution is 0.0521. The van der Waals surface area contributed by atoms with Gasteiger partial charge >= 0.3 is 6.09 Å². The molecule has 1 saturated heterocycles. The molecule has 38 heavy (non-hydrogen) atoms. The van der Waals surface area contributed by atoms with Crippen molar-refractivity contribution in [2.75, 3.05) is 49.7 Å². The largest absolute Gasteiger partial charge is 0.494 e. The lowest BCUT2D eigenvalue weighted by atomic mass is 10.2. The maximum Gasteiger partial charge on any atom is 0.410 e. The number of aromatic nitrogens is 3. The first-order valence-corrected chi connectivity index (χ1v) is 16.8. The Kier molecular flexibility index (Phi) is 9.30. The number of anilines is 1. The van der Waals surface area contributed by atoms with Crippen LogP contribution >= 0.6 is 30.1 Å². The molecule has 3 heterocycles. The Morgan fingerprint density at radius 2 is 1.92 bits per heavy atom. The van der Waals surface area contributed by atoms with Gasteiger partial charge in [0.1, 0.15) is 17.2 Å². The lowest BCUT2D eigenvalue weighted by Gasteiger charge is -2.33. The van der Waals surface area contributed by atoms with E-state index in [9.17, 15) is 13.2 Å². The van der Waals surface area contributed by atoms with Crippen LogP contribution in [-0.4, -0.2) is 85.6 Å². The van der Waals surface area contributed by atoms with E-state index >= 15 is 0 Å². The van der Waals surface area contributed by atoms with E-state index in [2.05, 4.69) is 31.4 Å². The second kappa shape index (κ2) is 12.5. The van der Waals surface area contributed by atoms with Crippen molar-refractivity contribution in [3.8, 4) is 28.8 Å². The Morgan fingerprint density at radius 1 is 1.18 bits per heavy atom. The van der Waals surface area contributed by atoms with Crippen LogP contribution < -0.4 is 13.8 Å². The molecule has 1 fully saturated rings. The first-order valence-electron chi connectivity index (χ1n) is 11.7. The van der Waals surface area contributed by atoms with Gasteiger partial charge in [-0.2, -0.15) is 0 Å². The summed E-state index contributed by atoms with van der Waals surface area (Å²) in [4.78, 5) is 13.7. The van der Waals surface area contributed by atoms with Crippen molar-refractivity contribution in [3.05, 3.63) is 36.6 Å².